The summed E-state index contributed by atoms with van der Waals surface area (Å²) >= 11 is 5.82. The van der Waals surface area contributed by atoms with Gasteiger partial charge in [0.15, 0.2) is 5.78 Å². The number of alkyl carbamates (subject to hydrolysis) is 1. The highest BCUT2D eigenvalue weighted by Gasteiger charge is 2.38. The lowest BCUT2D eigenvalue weighted by Crippen LogP contribution is -2.44. The maximum Gasteiger partial charge on any atom is 0.407 e. The van der Waals surface area contributed by atoms with Crippen LogP contribution in [0, 0.1) is 0 Å². The zero-order chi connectivity index (χ0) is 16.3. The van der Waals surface area contributed by atoms with Crippen molar-refractivity contribution in [3.8, 4) is 0 Å². The van der Waals surface area contributed by atoms with E-state index in [0.717, 1.165) is 6.92 Å². The lowest BCUT2D eigenvalue weighted by atomic mass is 9.92. The molecule has 0 radical (unpaired) electrons. The summed E-state index contributed by atoms with van der Waals surface area (Å²) in [5, 5.41) is 2.59. The average molecular weight is 316 g/mol. The molecule has 6 heteroatoms. The standard InChI is InChI=1S/C15H19ClFNO3/c1-10(19)15(17,11-6-5-7-12(16)8-11)9-18-13(20)21-14(2,3)4/h5-8H,9H2,1-4H3,(H,18,20)/t15-/m0/s1. The van der Waals surface area contributed by atoms with Crippen molar-refractivity contribution in [2.24, 2.45) is 0 Å². The SMILES string of the molecule is CC(=O)[C@@](F)(CNC(=O)OC(C)(C)C)c1cccc(Cl)c1. The summed E-state index contributed by atoms with van der Waals surface area (Å²) < 4.78 is 20.0. The molecule has 21 heavy (non-hydrogen) atoms. The number of halogens is 2. The van der Waals surface area contributed by atoms with Crippen LogP contribution in [0.1, 0.15) is 33.3 Å². The zero-order valence-electron chi connectivity index (χ0n) is 12.5. The number of amides is 1. The van der Waals surface area contributed by atoms with Crippen molar-refractivity contribution in [1.29, 1.82) is 0 Å². The van der Waals surface area contributed by atoms with Gasteiger partial charge in [-0.15, -0.1) is 0 Å². The van der Waals surface area contributed by atoms with Crippen LogP contribution in [0.3, 0.4) is 0 Å². The Morgan fingerprint density at radius 2 is 1.95 bits per heavy atom. The molecular weight excluding hydrogens is 297 g/mol. The summed E-state index contributed by atoms with van der Waals surface area (Å²) in [5.74, 6) is -0.721. The molecule has 0 aliphatic carbocycles. The number of hydrogen-bond acceptors (Lipinski definition) is 3. The van der Waals surface area contributed by atoms with Crippen LogP contribution in [0.15, 0.2) is 24.3 Å². The van der Waals surface area contributed by atoms with Crippen LogP contribution in [0.4, 0.5) is 9.18 Å². The lowest BCUT2D eigenvalue weighted by Gasteiger charge is -2.25. The van der Waals surface area contributed by atoms with Crippen molar-refractivity contribution in [3.63, 3.8) is 0 Å². The molecule has 1 aromatic carbocycles. The van der Waals surface area contributed by atoms with E-state index in [0.29, 0.717) is 5.02 Å². The van der Waals surface area contributed by atoms with Gasteiger partial charge in [-0.25, -0.2) is 9.18 Å². The first-order chi connectivity index (χ1) is 9.54. The van der Waals surface area contributed by atoms with Crippen molar-refractivity contribution in [1.82, 2.24) is 5.32 Å². The van der Waals surface area contributed by atoms with E-state index in [1.165, 1.54) is 12.1 Å². The van der Waals surface area contributed by atoms with Crippen molar-refractivity contribution in [3.05, 3.63) is 34.9 Å². The number of hydrogen-bond donors (Lipinski definition) is 1. The molecule has 0 spiro atoms. The lowest BCUT2D eigenvalue weighted by molar-refractivity contribution is -0.128. The highest BCUT2D eigenvalue weighted by atomic mass is 35.5. The number of nitrogens with one attached hydrogen (secondary N) is 1. The molecule has 0 bridgehead atoms. The first kappa shape index (κ1) is 17.4. The van der Waals surface area contributed by atoms with E-state index in [4.69, 9.17) is 16.3 Å². The number of carbonyl (C=O) groups excluding carboxylic acids is 2. The number of Topliss-reactive ketones (excluding diaryl/α,β-unsaturated/α-hetero) is 1. The summed E-state index contributed by atoms with van der Waals surface area (Å²) in [6.07, 6.45) is -0.784. The number of benzene rings is 1. The quantitative estimate of drug-likeness (QED) is 0.923. The van der Waals surface area contributed by atoms with E-state index in [1.807, 2.05) is 0 Å². The predicted molar refractivity (Wildman–Crippen MR) is 79.2 cm³/mol. The van der Waals surface area contributed by atoms with Gasteiger partial charge in [-0.05, 0) is 45.4 Å². The number of carbonyl (C=O) groups is 2. The third-order valence-electron chi connectivity index (χ3n) is 2.72. The zero-order valence-corrected chi connectivity index (χ0v) is 13.3. The highest BCUT2D eigenvalue weighted by Crippen LogP contribution is 2.28. The summed E-state index contributed by atoms with van der Waals surface area (Å²) in [6.45, 7) is 5.68. The topological polar surface area (TPSA) is 55.4 Å². The van der Waals surface area contributed by atoms with E-state index in [-0.39, 0.29) is 5.56 Å². The number of rotatable bonds is 4. The largest absolute Gasteiger partial charge is 0.444 e. The Kier molecular flexibility index (Phi) is 5.34. The second-order valence-corrected chi connectivity index (χ2v) is 6.16. The monoisotopic (exact) mass is 315 g/mol. The normalized spacial score (nSPS) is 14.2. The first-order valence-electron chi connectivity index (χ1n) is 6.47. The van der Waals surface area contributed by atoms with Crippen LogP contribution in [0.25, 0.3) is 0 Å². The van der Waals surface area contributed by atoms with E-state index >= 15 is 0 Å². The minimum atomic E-state index is -2.35. The minimum Gasteiger partial charge on any atom is -0.444 e. The number of ether oxygens (including phenoxy) is 1. The van der Waals surface area contributed by atoms with Crippen molar-refractivity contribution in [2.75, 3.05) is 6.54 Å². The Morgan fingerprint density at radius 1 is 1.33 bits per heavy atom. The van der Waals surface area contributed by atoms with Crippen LogP contribution in [0.2, 0.25) is 5.02 Å². The van der Waals surface area contributed by atoms with Crippen LogP contribution >= 0.6 is 11.6 Å². The number of alkyl halides is 1. The fraction of sp³-hybridized carbons (Fsp3) is 0.467. The maximum absolute atomic E-state index is 14.9. The fourth-order valence-corrected chi connectivity index (χ4v) is 1.86. The second-order valence-electron chi connectivity index (χ2n) is 5.72. The smallest absolute Gasteiger partial charge is 0.407 e. The average Bonchev–Trinajstić information content (AvgIpc) is 2.33. The summed E-state index contributed by atoms with van der Waals surface area (Å²) in [4.78, 5) is 23.3. The second kappa shape index (κ2) is 6.43. The van der Waals surface area contributed by atoms with Crippen LogP contribution < -0.4 is 5.32 Å². The molecule has 0 aliphatic rings. The van der Waals surface area contributed by atoms with Gasteiger partial charge in [-0.3, -0.25) is 4.79 Å². The fourth-order valence-electron chi connectivity index (χ4n) is 1.67. The predicted octanol–water partition coefficient (Wildman–Crippen LogP) is 3.62. The summed E-state index contributed by atoms with van der Waals surface area (Å²) in [7, 11) is 0. The van der Waals surface area contributed by atoms with Crippen molar-refractivity contribution in [2.45, 2.75) is 39.0 Å². The molecule has 1 atom stereocenters. The highest BCUT2D eigenvalue weighted by molar-refractivity contribution is 6.30. The molecule has 0 heterocycles. The molecule has 0 aliphatic heterocycles. The Balaban J connectivity index is 2.88. The van der Waals surface area contributed by atoms with E-state index in [1.54, 1.807) is 32.9 Å². The third-order valence-corrected chi connectivity index (χ3v) is 2.95. The van der Waals surface area contributed by atoms with Crippen LogP contribution in [-0.4, -0.2) is 24.0 Å². The third kappa shape index (κ3) is 5.01. The molecular formula is C15H19ClFNO3. The molecule has 1 rings (SSSR count). The maximum atomic E-state index is 14.9. The van der Waals surface area contributed by atoms with Gasteiger partial charge in [0.2, 0.25) is 5.67 Å². The summed E-state index contributed by atoms with van der Waals surface area (Å²) in [6, 6.07) is 5.93. The molecule has 116 valence electrons. The van der Waals surface area contributed by atoms with Gasteiger partial charge in [-0.1, -0.05) is 23.7 Å². The minimum absolute atomic E-state index is 0.0959. The van der Waals surface area contributed by atoms with E-state index in [9.17, 15) is 14.0 Å². The van der Waals surface area contributed by atoms with Crippen LogP contribution in [-0.2, 0) is 15.2 Å². The number of ketones is 1. The molecule has 0 unspecified atom stereocenters. The van der Waals surface area contributed by atoms with Gasteiger partial charge in [0.05, 0.1) is 6.54 Å². The molecule has 0 saturated carbocycles. The molecule has 0 fully saturated rings. The van der Waals surface area contributed by atoms with Gasteiger partial charge >= 0.3 is 6.09 Å². The van der Waals surface area contributed by atoms with Gasteiger partial charge in [-0.2, -0.15) is 0 Å². The van der Waals surface area contributed by atoms with Gasteiger partial charge in [0.1, 0.15) is 5.60 Å². The Labute approximate surface area is 128 Å². The Hall–Kier alpha value is -1.62. The molecule has 1 amide bonds. The Morgan fingerprint density at radius 3 is 2.43 bits per heavy atom. The van der Waals surface area contributed by atoms with Gasteiger partial charge in [0.25, 0.3) is 0 Å². The van der Waals surface area contributed by atoms with Crippen molar-refractivity contribution < 1.29 is 18.7 Å². The van der Waals surface area contributed by atoms with Gasteiger partial charge < -0.3 is 10.1 Å². The van der Waals surface area contributed by atoms with Crippen LogP contribution in [0.5, 0.6) is 0 Å². The molecule has 1 aromatic rings. The molecule has 4 nitrogen and oxygen atoms in total. The molecule has 0 saturated heterocycles. The molecule has 1 N–H and O–H groups in total. The first-order valence-corrected chi connectivity index (χ1v) is 6.85. The van der Waals surface area contributed by atoms with Gasteiger partial charge in [0, 0.05) is 5.02 Å². The van der Waals surface area contributed by atoms with Crippen molar-refractivity contribution >= 4 is 23.5 Å². The molecule has 0 aromatic heterocycles. The Bertz CT molecular complexity index is 542. The van der Waals surface area contributed by atoms with E-state index in [2.05, 4.69) is 5.32 Å². The summed E-state index contributed by atoms with van der Waals surface area (Å²) in [5.41, 5.74) is -2.95. The van der Waals surface area contributed by atoms with E-state index < -0.39 is 29.7 Å².